The summed E-state index contributed by atoms with van der Waals surface area (Å²) in [4.78, 5) is 28.8. The molecule has 0 saturated heterocycles. The Morgan fingerprint density at radius 3 is 2.22 bits per heavy atom. The summed E-state index contributed by atoms with van der Waals surface area (Å²) in [6, 6.07) is 33.1. The molecule has 0 bridgehead atoms. The number of carbonyl (C=O) groups excluding carboxylic acids is 2. The Bertz CT molecular complexity index is 1770. The predicted molar refractivity (Wildman–Crippen MR) is 149 cm³/mol. The van der Waals surface area contributed by atoms with Crippen molar-refractivity contribution < 1.29 is 9.59 Å². The Kier molecular flexibility index (Phi) is 5.52. The lowest BCUT2D eigenvalue weighted by Gasteiger charge is -2.25. The van der Waals surface area contributed by atoms with Gasteiger partial charge in [0.05, 0.1) is 22.9 Å². The summed E-state index contributed by atoms with van der Waals surface area (Å²) in [5.41, 5.74) is 4.69. The highest BCUT2D eigenvalue weighted by Crippen LogP contribution is 2.43. The first-order chi connectivity index (χ1) is 18.0. The van der Waals surface area contributed by atoms with Crippen LogP contribution in [-0.4, -0.2) is 11.6 Å². The van der Waals surface area contributed by atoms with E-state index in [1.54, 1.807) is 36.4 Å². The normalized spacial score (nSPS) is 12.5. The van der Waals surface area contributed by atoms with Crippen LogP contribution in [-0.2, 0) is 0 Å². The Morgan fingerprint density at radius 1 is 0.784 bits per heavy atom. The maximum atomic E-state index is 12.9. The Labute approximate surface area is 218 Å². The number of hydrogen-bond donors (Lipinski definition) is 0. The number of Topliss-reactive ketones (excluding diaryl/α,β-unsaturated/α-hetero) is 2. The molecule has 5 heteroatoms. The molecule has 1 aliphatic rings. The number of nitrogens with zero attached hydrogens (tertiary/aromatic N) is 2. The minimum Gasteiger partial charge on any atom is -0.301 e. The highest BCUT2D eigenvalue weighted by Gasteiger charge is 2.32. The summed E-state index contributed by atoms with van der Waals surface area (Å²) in [5.74, 6) is -0.475. The molecule has 0 spiro atoms. The number of hydrogen-bond acceptors (Lipinski definition) is 5. The molecule has 176 valence electrons. The van der Waals surface area contributed by atoms with Crippen molar-refractivity contribution in [3.05, 3.63) is 130 Å². The van der Waals surface area contributed by atoms with Crippen molar-refractivity contribution in [1.82, 2.24) is 0 Å². The van der Waals surface area contributed by atoms with Gasteiger partial charge in [-0.15, -0.1) is 11.3 Å². The second kappa shape index (κ2) is 9.02. The number of anilines is 3. The molecular weight excluding hydrogens is 476 g/mol. The monoisotopic (exact) mass is 496 g/mol. The molecule has 0 N–H and O–H groups in total. The lowest BCUT2D eigenvalue weighted by molar-refractivity contribution is 0.0990. The molecule has 5 aromatic rings. The van der Waals surface area contributed by atoms with Crippen LogP contribution < -0.4 is 4.90 Å². The van der Waals surface area contributed by atoms with Crippen molar-refractivity contribution in [1.29, 1.82) is 5.26 Å². The zero-order valence-corrected chi connectivity index (χ0v) is 20.8. The number of thiophene rings is 1. The molecule has 4 aromatic carbocycles. The fourth-order valence-corrected chi connectivity index (χ4v) is 5.80. The lowest BCUT2D eigenvalue weighted by Crippen LogP contribution is -2.09. The SMILES string of the molecule is Cc1ccc(N(c2cccc(C#N)c2)c2ccc(C=C3C(=O)c4ccccc4C3=O)s2)c2ccccc12. The smallest absolute Gasteiger partial charge is 0.197 e. The van der Waals surface area contributed by atoms with E-state index >= 15 is 0 Å². The van der Waals surface area contributed by atoms with Gasteiger partial charge in [-0.25, -0.2) is 0 Å². The maximum Gasteiger partial charge on any atom is 0.197 e. The molecule has 0 fully saturated rings. The number of allylic oxidation sites excluding steroid dienone is 1. The zero-order valence-electron chi connectivity index (χ0n) is 19.9. The Hall–Kier alpha value is -4.79. The van der Waals surface area contributed by atoms with Crippen LogP contribution in [0.5, 0.6) is 0 Å². The number of carbonyl (C=O) groups is 2. The first kappa shape index (κ1) is 22.7. The summed E-state index contributed by atoms with van der Waals surface area (Å²) in [6.45, 7) is 2.09. The summed E-state index contributed by atoms with van der Waals surface area (Å²) in [6.07, 6.45) is 1.69. The third kappa shape index (κ3) is 3.85. The first-order valence-electron chi connectivity index (χ1n) is 11.8. The largest absolute Gasteiger partial charge is 0.301 e. The quantitative estimate of drug-likeness (QED) is 0.187. The van der Waals surface area contributed by atoms with Crippen LogP contribution >= 0.6 is 11.3 Å². The standard InChI is InChI=1S/C32H20N2O2S/c1-20-13-15-29(25-10-3-2-9-24(20)25)34(22-8-6-7-21(17-22)19-33)30-16-14-23(37-30)18-28-31(35)26-11-4-5-12-27(26)32(28)36/h2-18H,1H3. The van der Waals surface area contributed by atoms with Gasteiger partial charge in [-0.2, -0.15) is 5.26 Å². The molecule has 6 rings (SSSR count). The van der Waals surface area contributed by atoms with E-state index in [2.05, 4.69) is 42.2 Å². The number of ketones is 2. The molecule has 0 unspecified atom stereocenters. The molecule has 0 atom stereocenters. The highest BCUT2D eigenvalue weighted by atomic mass is 32.1. The van der Waals surface area contributed by atoms with Crippen molar-refractivity contribution in [2.24, 2.45) is 0 Å². The summed E-state index contributed by atoms with van der Waals surface area (Å²) >= 11 is 1.49. The first-order valence-corrected chi connectivity index (χ1v) is 12.7. The molecule has 37 heavy (non-hydrogen) atoms. The van der Waals surface area contributed by atoms with Gasteiger partial charge < -0.3 is 4.90 Å². The average molecular weight is 497 g/mol. The second-order valence-corrected chi connectivity index (χ2v) is 9.98. The number of fused-ring (bicyclic) bond motifs is 2. The second-order valence-electron chi connectivity index (χ2n) is 8.88. The van der Waals surface area contributed by atoms with Crippen molar-refractivity contribution >= 4 is 56.1 Å². The van der Waals surface area contributed by atoms with Crippen LogP contribution in [0.2, 0.25) is 0 Å². The van der Waals surface area contributed by atoms with E-state index in [0.29, 0.717) is 16.7 Å². The van der Waals surface area contributed by atoms with Crippen LogP contribution in [0.1, 0.15) is 36.7 Å². The van der Waals surface area contributed by atoms with Gasteiger partial charge in [0.15, 0.2) is 11.6 Å². The molecule has 0 radical (unpaired) electrons. The van der Waals surface area contributed by atoms with Crippen LogP contribution in [0.4, 0.5) is 16.4 Å². The van der Waals surface area contributed by atoms with E-state index in [1.165, 1.54) is 16.9 Å². The fourth-order valence-electron chi connectivity index (χ4n) is 4.81. The molecular formula is C32H20N2O2S. The van der Waals surface area contributed by atoms with E-state index in [4.69, 9.17) is 0 Å². The highest BCUT2D eigenvalue weighted by molar-refractivity contribution is 7.17. The van der Waals surface area contributed by atoms with Crippen molar-refractivity contribution in [3.8, 4) is 6.07 Å². The van der Waals surface area contributed by atoms with Gasteiger partial charge in [0.1, 0.15) is 5.00 Å². The summed E-state index contributed by atoms with van der Waals surface area (Å²) < 4.78 is 0. The maximum absolute atomic E-state index is 12.9. The van der Waals surface area contributed by atoms with Gasteiger partial charge in [-0.1, -0.05) is 60.7 Å². The molecule has 1 aliphatic carbocycles. The lowest BCUT2D eigenvalue weighted by atomic mass is 10.0. The van der Waals surface area contributed by atoms with Crippen molar-refractivity contribution in [2.75, 3.05) is 4.90 Å². The topological polar surface area (TPSA) is 61.2 Å². The van der Waals surface area contributed by atoms with Gasteiger partial charge in [-0.05, 0) is 60.3 Å². The zero-order chi connectivity index (χ0) is 25.5. The predicted octanol–water partition coefficient (Wildman–Crippen LogP) is 8.01. The molecule has 4 nitrogen and oxygen atoms in total. The summed E-state index contributed by atoms with van der Waals surface area (Å²) in [5, 5.41) is 12.7. The van der Waals surface area contributed by atoms with Gasteiger partial charge in [0, 0.05) is 27.1 Å². The van der Waals surface area contributed by atoms with Crippen molar-refractivity contribution in [2.45, 2.75) is 6.92 Å². The minimum atomic E-state index is -0.237. The van der Waals surface area contributed by atoms with Crippen LogP contribution in [0.3, 0.4) is 0 Å². The van der Waals surface area contributed by atoms with E-state index in [0.717, 1.165) is 32.0 Å². The minimum absolute atomic E-state index is 0.188. The number of nitriles is 1. The Balaban J connectivity index is 1.49. The Morgan fingerprint density at radius 2 is 1.49 bits per heavy atom. The number of rotatable bonds is 4. The van der Waals surface area contributed by atoms with Crippen LogP contribution in [0, 0.1) is 18.3 Å². The van der Waals surface area contributed by atoms with Crippen LogP contribution in [0.15, 0.2) is 103 Å². The fraction of sp³-hybridized carbons (Fsp3) is 0.0312. The van der Waals surface area contributed by atoms with E-state index in [9.17, 15) is 14.9 Å². The van der Waals surface area contributed by atoms with Crippen LogP contribution in [0.25, 0.3) is 16.8 Å². The van der Waals surface area contributed by atoms with Crippen molar-refractivity contribution in [3.63, 3.8) is 0 Å². The average Bonchev–Trinajstić information content (AvgIpc) is 3.49. The van der Waals surface area contributed by atoms with E-state index in [-0.39, 0.29) is 17.1 Å². The third-order valence-electron chi connectivity index (χ3n) is 6.62. The molecule has 0 amide bonds. The van der Waals surface area contributed by atoms with E-state index < -0.39 is 0 Å². The van der Waals surface area contributed by atoms with Gasteiger partial charge >= 0.3 is 0 Å². The van der Waals surface area contributed by atoms with Gasteiger partial charge in [-0.3, -0.25) is 9.59 Å². The molecule has 0 aliphatic heterocycles. The molecule has 0 saturated carbocycles. The van der Waals surface area contributed by atoms with Gasteiger partial charge in [0.25, 0.3) is 0 Å². The number of aryl methyl sites for hydroxylation is 1. The molecule has 1 heterocycles. The molecule has 1 aromatic heterocycles. The van der Waals surface area contributed by atoms with Gasteiger partial charge in [0.2, 0.25) is 0 Å². The van der Waals surface area contributed by atoms with E-state index in [1.807, 2.05) is 42.5 Å². The number of benzene rings is 4. The summed E-state index contributed by atoms with van der Waals surface area (Å²) in [7, 11) is 0. The third-order valence-corrected chi connectivity index (χ3v) is 7.64.